The highest BCUT2D eigenvalue weighted by Gasteiger charge is 2.19. The van der Waals surface area contributed by atoms with E-state index in [-0.39, 0.29) is 31.1 Å². The van der Waals surface area contributed by atoms with E-state index in [1.54, 1.807) is 0 Å². The molecule has 0 saturated carbocycles. The van der Waals surface area contributed by atoms with Crippen LogP contribution in [0.4, 0.5) is 0 Å². The minimum absolute atomic E-state index is 0.0698. The van der Waals surface area contributed by atoms with Crippen molar-refractivity contribution in [2.75, 3.05) is 13.2 Å². The van der Waals surface area contributed by atoms with E-state index in [4.69, 9.17) is 14.2 Å². The van der Waals surface area contributed by atoms with Crippen molar-refractivity contribution in [1.82, 2.24) is 0 Å². The maximum atomic E-state index is 12.8. The monoisotopic (exact) mass is 965 g/mol. The molecule has 0 aromatic rings. The Morgan fingerprint density at radius 2 is 0.565 bits per heavy atom. The van der Waals surface area contributed by atoms with Crippen molar-refractivity contribution in [3.8, 4) is 0 Å². The lowest BCUT2D eigenvalue weighted by Gasteiger charge is -2.18. The third-order valence-corrected chi connectivity index (χ3v) is 13.0. The second-order valence-corrected chi connectivity index (χ2v) is 19.9. The summed E-state index contributed by atoms with van der Waals surface area (Å²) in [5, 5.41) is 0. The molecule has 0 bridgehead atoms. The molecular weight excluding hydrogens is 853 g/mol. The Hall–Kier alpha value is -2.89. The van der Waals surface area contributed by atoms with Crippen LogP contribution in [0.15, 0.2) is 60.8 Å². The zero-order valence-corrected chi connectivity index (χ0v) is 45.8. The zero-order chi connectivity index (χ0) is 50.0. The van der Waals surface area contributed by atoms with E-state index < -0.39 is 6.10 Å². The summed E-state index contributed by atoms with van der Waals surface area (Å²) in [5.74, 6) is -0.870. The first-order valence-electron chi connectivity index (χ1n) is 29.8. The van der Waals surface area contributed by atoms with Crippen LogP contribution in [-0.4, -0.2) is 37.2 Å². The predicted octanol–water partition coefficient (Wildman–Crippen LogP) is 20.0. The van der Waals surface area contributed by atoms with E-state index in [1.807, 2.05) is 0 Å². The van der Waals surface area contributed by atoms with Gasteiger partial charge in [-0.05, 0) is 64.2 Å². The lowest BCUT2D eigenvalue weighted by molar-refractivity contribution is -0.167. The number of unbranched alkanes of at least 4 members (excludes halogenated alkanes) is 33. The van der Waals surface area contributed by atoms with Crippen LogP contribution in [0.25, 0.3) is 0 Å². The van der Waals surface area contributed by atoms with Crippen molar-refractivity contribution < 1.29 is 28.6 Å². The maximum Gasteiger partial charge on any atom is 0.306 e. The van der Waals surface area contributed by atoms with Crippen LogP contribution in [-0.2, 0) is 28.6 Å². The topological polar surface area (TPSA) is 78.9 Å². The number of esters is 3. The SMILES string of the molecule is CC/C=C\C/C=C\C/C=C\C/C=C\C/C=C\CCCCCCCCCCCCCCCCCC(=O)OCC(COC(=O)CCCCCCC)OC(=O)CCCCCCCCCCCCCCCCC. The Morgan fingerprint density at radius 1 is 0.304 bits per heavy atom. The van der Waals surface area contributed by atoms with Gasteiger partial charge in [0.2, 0.25) is 0 Å². The van der Waals surface area contributed by atoms with E-state index in [9.17, 15) is 14.4 Å². The summed E-state index contributed by atoms with van der Waals surface area (Å²) in [7, 11) is 0. The van der Waals surface area contributed by atoms with E-state index in [0.29, 0.717) is 19.3 Å². The molecule has 0 N–H and O–H groups in total. The van der Waals surface area contributed by atoms with Crippen molar-refractivity contribution >= 4 is 17.9 Å². The van der Waals surface area contributed by atoms with Crippen molar-refractivity contribution in [3.05, 3.63) is 60.8 Å². The van der Waals surface area contributed by atoms with E-state index in [0.717, 1.165) is 96.3 Å². The second-order valence-electron chi connectivity index (χ2n) is 19.9. The molecule has 0 heterocycles. The Morgan fingerprint density at radius 3 is 0.884 bits per heavy atom. The molecule has 0 amide bonds. The molecule has 0 fully saturated rings. The van der Waals surface area contributed by atoms with Gasteiger partial charge in [0.1, 0.15) is 13.2 Å². The summed E-state index contributed by atoms with van der Waals surface area (Å²) in [6, 6.07) is 0. The van der Waals surface area contributed by atoms with Crippen molar-refractivity contribution in [2.45, 2.75) is 309 Å². The fourth-order valence-corrected chi connectivity index (χ4v) is 8.59. The largest absolute Gasteiger partial charge is 0.462 e. The number of ether oxygens (including phenoxy) is 3. The minimum atomic E-state index is -0.766. The molecule has 0 aliphatic carbocycles. The van der Waals surface area contributed by atoms with Crippen LogP contribution in [0.3, 0.4) is 0 Å². The van der Waals surface area contributed by atoms with E-state index >= 15 is 0 Å². The predicted molar refractivity (Wildman–Crippen MR) is 298 cm³/mol. The molecule has 6 heteroatoms. The maximum absolute atomic E-state index is 12.8. The molecule has 400 valence electrons. The van der Waals surface area contributed by atoms with Gasteiger partial charge in [-0.25, -0.2) is 0 Å². The van der Waals surface area contributed by atoms with Gasteiger partial charge in [0.15, 0.2) is 6.10 Å². The van der Waals surface area contributed by atoms with Gasteiger partial charge in [-0.1, -0.05) is 281 Å². The van der Waals surface area contributed by atoms with Crippen LogP contribution in [0.1, 0.15) is 303 Å². The summed E-state index contributed by atoms with van der Waals surface area (Å²) < 4.78 is 16.7. The molecule has 1 unspecified atom stereocenters. The molecule has 0 aliphatic heterocycles. The highest BCUT2D eigenvalue weighted by atomic mass is 16.6. The molecule has 0 rings (SSSR count). The number of hydrogen-bond acceptors (Lipinski definition) is 6. The third-order valence-electron chi connectivity index (χ3n) is 13.0. The van der Waals surface area contributed by atoms with Crippen LogP contribution in [0.2, 0.25) is 0 Å². The lowest BCUT2D eigenvalue weighted by atomic mass is 10.0. The Kier molecular flexibility index (Phi) is 55.3. The summed E-state index contributed by atoms with van der Waals surface area (Å²) in [4.78, 5) is 37.8. The molecule has 0 aromatic heterocycles. The Balaban J connectivity index is 3.96. The molecule has 0 radical (unpaired) electrons. The first kappa shape index (κ1) is 66.1. The number of hydrogen-bond donors (Lipinski definition) is 0. The molecule has 0 spiro atoms. The molecule has 1 atom stereocenters. The van der Waals surface area contributed by atoms with Gasteiger partial charge in [-0.3, -0.25) is 14.4 Å². The van der Waals surface area contributed by atoms with Gasteiger partial charge < -0.3 is 14.2 Å². The fraction of sp³-hybridized carbons (Fsp3) is 0.794. The highest BCUT2D eigenvalue weighted by Crippen LogP contribution is 2.17. The third kappa shape index (κ3) is 55.9. The molecule has 0 aromatic carbocycles. The number of carbonyl (C=O) groups excluding carboxylic acids is 3. The lowest BCUT2D eigenvalue weighted by Crippen LogP contribution is -2.30. The summed E-state index contributed by atoms with van der Waals surface area (Å²) in [6.07, 6.45) is 72.7. The van der Waals surface area contributed by atoms with Crippen LogP contribution >= 0.6 is 0 Å². The minimum Gasteiger partial charge on any atom is -0.462 e. The van der Waals surface area contributed by atoms with Gasteiger partial charge in [0, 0.05) is 19.3 Å². The van der Waals surface area contributed by atoms with Gasteiger partial charge in [0.05, 0.1) is 0 Å². The fourth-order valence-electron chi connectivity index (χ4n) is 8.59. The summed E-state index contributed by atoms with van der Waals surface area (Å²) >= 11 is 0. The highest BCUT2D eigenvalue weighted by molar-refractivity contribution is 5.71. The molecular formula is C63H112O6. The second kappa shape index (κ2) is 57.7. The summed E-state index contributed by atoms with van der Waals surface area (Å²) in [5.41, 5.74) is 0. The smallest absolute Gasteiger partial charge is 0.306 e. The quantitative estimate of drug-likeness (QED) is 0.0262. The average molecular weight is 966 g/mol. The standard InChI is InChI=1S/C63H112O6/c1-4-7-10-13-15-17-19-21-23-24-25-26-27-28-29-30-31-32-33-34-35-36-37-38-40-41-43-45-47-50-53-56-62(65)68-59-60(58-67-61(64)55-52-49-12-9-6-3)69-63(66)57-54-51-48-46-44-42-39-22-20-18-16-14-11-8-5-2/h7,10,15,17,21,23,25-26,28-29,60H,4-6,8-9,11-14,16,18-20,22,24,27,30-59H2,1-3H3/b10-7-,17-15-,23-21-,26-25-,29-28-. The van der Waals surface area contributed by atoms with Crippen molar-refractivity contribution in [3.63, 3.8) is 0 Å². The zero-order valence-electron chi connectivity index (χ0n) is 45.8. The van der Waals surface area contributed by atoms with Crippen LogP contribution in [0.5, 0.6) is 0 Å². The Bertz CT molecular complexity index is 1250. The van der Waals surface area contributed by atoms with E-state index in [1.165, 1.54) is 167 Å². The first-order valence-corrected chi connectivity index (χ1v) is 29.8. The van der Waals surface area contributed by atoms with Gasteiger partial charge in [-0.2, -0.15) is 0 Å². The molecule has 0 saturated heterocycles. The molecule has 69 heavy (non-hydrogen) atoms. The van der Waals surface area contributed by atoms with Gasteiger partial charge >= 0.3 is 17.9 Å². The first-order chi connectivity index (χ1) is 34.0. The molecule has 0 aliphatic rings. The van der Waals surface area contributed by atoms with Crippen molar-refractivity contribution in [1.29, 1.82) is 0 Å². The van der Waals surface area contributed by atoms with Crippen LogP contribution in [0, 0.1) is 0 Å². The normalized spacial score (nSPS) is 12.4. The van der Waals surface area contributed by atoms with Gasteiger partial charge in [0.25, 0.3) is 0 Å². The van der Waals surface area contributed by atoms with Gasteiger partial charge in [-0.15, -0.1) is 0 Å². The Labute approximate surface area is 428 Å². The summed E-state index contributed by atoms with van der Waals surface area (Å²) in [6.45, 7) is 6.47. The number of rotatable bonds is 54. The number of allylic oxidation sites excluding steroid dienone is 10. The van der Waals surface area contributed by atoms with E-state index in [2.05, 4.69) is 81.5 Å². The van der Waals surface area contributed by atoms with Crippen LogP contribution < -0.4 is 0 Å². The number of carbonyl (C=O) groups is 3. The van der Waals surface area contributed by atoms with Crippen molar-refractivity contribution in [2.24, 2.45) is 0 Å². The molecule has 6 nitrogen and oxygen atoms in total. The average Bonchev–Trinajstić information content (AvgIpc) is 3.35.